The van der Waals surface area contributed by atoms with Crippen LogP contribution in [-0.4, -0.2) is 33.8 Å². The van der Waals surface area contributed by atoms with Gasteiger partial charge in [0, 0.05) is 11.1 Å². The summed E-state index contributed by atoms with van der Waals surface area (Å²) in [5, 5.41) is 2.73. The van der Waals surface area contributed by atoms with E-state index in [1.54, 1.807) is 23.5 Å². The summed E-state index contributed by atoms with van der Waals surface area (Å²) in [6, 6.07) is -0.778. The van der Waals surface area contributed by atoms with Crippen LogP contribution in [0.1, 0.15) is 31.6 Å². The van der Waals surface area contributed by atoms with Gasteiger partial charge in [0.15, 0.2) is 0 Å². The molecule has 0 bridgehead atoms. The Morgan fingerprint density at radius 3 is 2.89 bits per heavy atom. The molecule has 0 spiro atoms. The molecule has 2 unspecified atom stereocenters. The van der Waals surface area contributed by atoms with Crippen molar-refractivity contribution in [1.29, 1.82) is 0 Å². The van der Waals surface area contributed by atoms with Crippen LogP contribution in [0.3, 0.4) is 0 Å². The standard InChI is InChI=1S/C12H17N3O2S/c1-3-4-10-11(16)14-8(2)12(17)15(10)6-9-5-13-7-18-9/h5,7-8,10H,3-4,6H2,1-2H3,(H,14,16). The molecule has 1 aromatic heterocycles. The molecule has 2 heterocycles. The van der Waals surface area contributed by atoms with Gasteiger partial charge in [-0.05, 0) is 13.3 Å². The Bertz CT molecular complexity index is 433. The fourth-order valence-corrected chi connectivity index (χ4v) is 2.74. The van der Waals surface area contributed by atoms with Crippen LogP contribution in [0.5, 0.6) is 0 Å². The van der Waals surface area contributed by atoms with Crippen LogP contribution in [0, 0.1) is 0 Å². The van der Waals surface area contributed by atoms with Crippen molar-refractivity contribution in [2.75, 3.05) is 0 Å². The molecule has 1 N–H and O–H groups in total. The van der Waals surface area contributed by atoms with E-state index in [0.29, 0.717) is 13.0 Å². The zero-order chi connectivity index (χ0) is 13.1. The molecule has 2 rings (SSSR count). The predicted molar refractivity (Wildman–Crippen MR) is 69.0 cm³/mol. The smallest absolute Gasteiger partial charge is 0.245 e. The van der Waals surface area contributed by atoms with E-state index in [2.05, 4.69) is 10.3 Å². The molecular formula is C12H17N3O2S. The molecule has 1 aliphatic heterocycles. The zero-order valence-corrected chi connectivity index (χ0v) is 11.4. The van der Waals surface area contributed by atoms with Gasteiger partial charge in [-0.3, -0.25) is 14.6 Å². The van der Waals surface area contributed by atoms with E-state index in [1.807, 2.05) is 6.92 Å². The zero-order valence-electron chi connectivity index (χ0n) is 10.5. The van der Waals surface area contributed by atoms with Gasteiger partial charge in [-0.2, -0.15) is 0 Å². The molecule has 0 saturated carbocycles. The number of nitrogens with one attached hydrogen (secondary N) is 1. The van der Waals surface area contributed by atoms with Gasteiger partial charge in [0.2, 0.25) is 11.8 Å². The van der Waals surface area contributed by atoms with Gasteiger partial charge in [-0.25, -0.2) is 0 Å². The summed E-state index contributed by atoms with van der Waals surface area (Å²) < 4.78 is 0. The second-order valence-electron chi connectivity index (χ2n) is 4.47. The maximum absolute atomic E-state index is 12.2. The van der Waals surface area contributed by atoms with E-state index >= 15 is 0 Å². The number of nitrogens with zero attached hydrogens (tertiary/aromatic N) is 2. The van der Waals surface area contributed by atoms with Gasteiger partial charge in [0.05, 0.1) is 12.1 Å². The highest BCUT2D eigenvalue weighted by molar-refractivity contribution is 7.09. The lowest BCUT2D eigenvalue weighted by Crippen LogP contribution is -2.61. The maximum atomic E-state index is 12.2. The molecule has 1 aromatic rings. The summed E-state index contributed by atoms with van der Waals surface area (Å²) >= 11 is 1.50. The third kappa shape index (κ3) is 2.53. The van der Waals surface area contributed by atoms with E-state index in [4.69, 9.17) is 0 Å². The molecular weight excluding hydrogens is 250 g/mol. The molecule has 98 valence electrons. The van der Waals surface area contributed by atoms with Crippen molar-refractivity contribution in [2.45, 2.75) is 45.3 Å². The molecule has 1 saturated heterocycles. The molecule has 2 atom stereocenters. The first-order valence-electron chi connectivity index (χ1n) is 6.11. The normalized spacial score (nSPS) is 24.2. The van der Waals surface area contributed by atoms with Crippen LogP contribution in [0.4, 0.5) is 0 Å². The Kier molecular flexibility index (Phi) is 3.96. The van der Waals surface area contributed by atoms with E-state index in [0.717, 1.165) is 11.3 Å². The first-order valence-corrected chi connectivity index (χ1v) is 6.99. The van der Waals surface area contributed by atoms with Crippen molar-refractivity contribution in [2.24, 2.45) is 0 Å². The van der Waals surface area contributed by atoms with E-state index in [1.165, 1.54) is 11.3 Å². The van der Waals surface area contributed by atoms with Crippen molar-refractivity contribution in [3.63, 3.8) is 0 Å². The molecule has 5 nitrogen and oxygen atoms in total. The average molecular weight is 267 g/mol. The maximum Gasteiger partial charge on any atom is 0.245 e. The summed E-state index contributed by atoms with van der Waals surface area (Å²) in [5.41, 5.74) is 1.74. The van der Waals surface area contributed by atoms with E-state index in [-0.39, 0.29) is 17.9 Å². The van der Waals surface area contributed by atoms with Crippen molar-refractivity contribution >= 4 is 23.2 Å². The van der Waals surface area contributed by atoms with Crippen LogP contribution in [0.25, 0.3) is 0 Å². The SMILES string of the molecule is CCCC1C(=O)NC(C)C(=O)N1Cc1cncs1. The van der Waals surface area contributed by atoms with Crippen molar-refractivity contribution in [3.05, 3.63) is 16.6 Å². The first-order chi connectivity index (χ1) is 8.63. The topological polar surface area (TPSA) is 62.3 Å². The molecule has 1 fully saturated rings. The lowest BCUT2D eigenvalue weighted by atomic mass is 10.0. The highest BCUT2D eigenvalue weighted by Gasteiger charge is 2.37. The largest absolute Gasteiger partial charge is 0.343 e. The lowest BCUT2D eigenvalue weighted by Gasteiger charge is -2.37. The number of hydrogen-bond donors (Lipinski definition) is 1. The van der Waals surface area contributed by atoms with Gasteiger partial charge in [0.1, 0.15) is 12.1 Å². The number of hydrogen-bond acceptors (Lipinski definition) is 4. The quantitative estimate of drug-likeness (QED) is 0.890. The number of thiazole rings is 1. The molecule has 0 radical (unpaired) electrons. The molecule has 2 amide bonds. The number of carbonyl (C=O) groups excluding carboxylic acids is 2. The fourth-order valence-electron chi connectivity index (χ4n) is 2.15. The third-order valence-electron chi connectivity index (χ3n) is 3.06. The predicted octanol–water partition coefficient (Wildman–Crippen LogP) is 1.16. The number of aromatic nitrogens is 1. The summed E-state index contributed by atoms with van der Waals surface area (Å²) in [4.78, 5) is 30.8. The van der Waals surface area contributed by atoms with Gasteiger partial charge in [-0.1, -0.05) is 13.3 Å². The minimum Gasteiger partial charge on any atom is -0.343 e. The molecule has 6 heteroatoms. The highest BCUT2D eigenvalue weighted by Crippen LogP contribution is 2.19. The minimum atomic E-state index is -0.432. The highest BCUT2D eigenvalue weighted by atomic mass is 32.1. The number of rotatable bonds is 4. The van der Waals surface area contributed by atoms with Gasteiger partial charge < -0.3 is 10.2 Å². The van der Waals surface area contributed by atoms with Gasteiger partial charge in [0.25, 0.3) is 0 Å². The number of piperazine rings is 1. The van der Waals surface area contributed by atoms with Crippen LogP contribution < -0.4 is 5.32 Å². The third-order valence-corrected chi connectivity index (χ3v) is 3.83. The Hall–Kier alpha value is -1.43. The lowest BCUT2D eigenvalue weighted by molar-refractivity contribution is -0.149. The van der Waals surface area contributed by atoms with Gasteiger partial charge >= 0.3 is 0 Å². The summed E-state index contributed by atoms with van der Waals surface area (Å²) in [6.45, 7) is 4.22. The fraction of sp³-hybridized carbons (Fsp3) is 0.583. The first kappa shape index (κ1) is 13.0. The molecule has 0 aromatic carbocycles. The second-order valence-corrected chi connectivity index (χ2v) is 5.44. The summed E-state index contributed by atoms with van der Waals surface area (Å²) in [7, 11) is 0. The van der Waals surface area contributed by atoms with Crippen LogP contribution in [0.2, 0.25) is 0 Å². The Morgan fingerprint density at radius 1 is 1.50 bits per heavy atom. The Labute approximate surface area is 110 Å². The molecule has 0 aliphatic carbocycles. The summed E-state index contributed by atoms with van der Waals surface area (Å²) in [5.74, 6) is -0.0603. The van der Waals surface area contributed by atoms with Crippen molar-refractivity contribution in [3.8, 4) is 0 Å². The van der Waals surface area contributed by atoms with E-state index in [9.17, 15) is 9.59 Å². The Balaban J connectivity index is 2.19. The van der Waals surface area contributed by atoms with Crippen LogP contribution >= 0.6 is 11.3 Å². The van der Waals surface area contributed by atoms with Crippen molar-refractivity contribution < 1.29 is 9.59 Å². The molecule has 18 heavy (non-hydrogen) atoms. The average Bonchev–Trinajstić information content (AvgIpc) is 2.83. The number of carbonyl (C=O) groups is 2. The monoisotopic (exact) mass is 267 g/mol. The summed E-state index contributed by atoms with van der Waals surface area (Å²) in [6.07, 6.45) is 3.32. The van der Waals surface area contributed by atoms with E-state index < -0.39 is 6.04 Å². The van der Waals surface area contributed by atoms with Crippen molar-refractivity contribution in [1.82, 2.24) is 15.2 Å². The van der Waals surface area contributed by atoms with Crippen LogP contribution in [0.15, 0.2) is 11.7 Å². The minimum absolute atomic E-state index is 0.0125. The molecule has 1 aliphatic rings. The Morgan fingerprint density at radius 2 is 2.28 bits per heavy atom. The van der Waals surface area contributed by atoms with Gasteiger partial charge in [-0.15, -0.1) is 11.3 Å². The van der Waals surface area contributed by atoms with Crippen LogP contribution in [-0.2, 0) is 16.1 Å². The second kappa shape index (κ2) is 5.48. The number of amides is 2.